The van der Waals surface area contributed by atoms with Gasteiger partial charge in [0.25, 0.3) is 0 Å². The van der Waals surface area contributed by atoms with Gasteiger partial charge in [0, 0.05) is 22.1 Å². The van der Waals surface area contributed by atoms with E-state index in [1.54, 1.807) is 11.3 Å². The van der Waals surface area contributed by atoms with Crippen LogP contribution in [-0.4, -0.2) is 16.8 Å². The molecule has 2 heterocycles. The van der Waals surface area contributed by atoms with Crippen molar-refractivity contribution in [3.8, 4) is 0 Å². The van der Waals surface area contributed by atoms with E-state index in [-0.39, 0.29) is 6.04 Å². The van der Waals surface area contributed by atoms with Crippen molar-refractivity contribution in [2.75, 3.05) is 7.05 Å². The largest absolute Gasteiger partial charge is 0.307 e. The predicted molar refractivity (Wildman–Crippen MR) is 78.5 cm³/mol. The van der Waals surface area contributed by atoms with Gasteiger partial charge in [-0.25, -0.2) is 0 Å². The molecule has 2 rings (SSSR count). The summed E-state index contributed by atoms with van der Waals surface area (Å²) >= 11 is 8.79. The zero-order valence-corrected chi connectivity index (χ0v) is 13.6. The Kier molecular flexibility index (Phi) is 4.41. The molecule has 0 aliphatic heterocycles. The molecule has 0 spiro atoms. The molecule has 0 bridgehead atoms. The van der Waals surface area contributed by atoms with Gasteiger partial charge in [0.05, 0.1) is 15.5 Å². The molecule has 2 aromatic rings. The molecule has 1 atom stereocenters. The number of thiophene rings is 1. The molecular formula is C11H13Br2N3S. The maximum Gasteiger partial charge on any atom is 0.0843 e. The monoisotopic (exact) mass is 377 g/mol. The molecule has 3 nitrogen and oxygen atoms in total. The van der Waals surface area contributed by atoms with Crippen molar-refractivity contribution < 1.29 is 0 Å². The number of hydrogen-bond acceptors (Lipinski definition) is 3. The summed E-state index contributed by atoms with van der Waals surface area (Å²) in [5, 5.41) is 7.66. The number of aromatic nitrogens is 2. The van der Waals surface area contributed by atoms with Gasteiger partial charge < -0.3 is 5.32 Å². The van der Waals surface area contributed by atoms with Gasteiger partial charge in [0.1, 0.15) is 0 Å². The van der Waals surface area contributed by atoms with Crippen LogP contribution in [0.2, 0.25) is 0 Å². The average Bonchev–Trinajstić information content (AvgIpc) is 2.89. The van der Waals surface area contributed by atoms with Crippen LogP contribution in [0.1, 0.15) is 23.5 Å². The summed E-state index contributed by atoms with van der Waals surface area (Å²) in [6.45, 7) is 2.98. The van der Waals surface area contributed by atoms with Crippen molar-refractivity contribution in [3.05, 3.63) is 37.2 Å². The number of rotatable bonds is 4. The Hall–Kier alpha value is -0.170. The Morgan fingerprint density at radius 3 is 2.82 bits per heavy atom. The van der Waals surface area contributed by atoms with Gasteiger partial charge in [-0.1, -0.05) is 0 Å². The third-order valence-electron chi connectivity index (χ3n) is 2.58. The maximum absolute atomic E-state index is 4.32. The second kappa shape index (κ2) is 5.65. The van der Waals surface area contributed by atoms with Crippen molar-refractivity contribution in [3.63, 3.8) is 0 Å². The summed E-state index contributed by atoms with van der Waals surface area (Å²) in [5.41, 5.74) is 1.19. The molecular weight excluding hydrogens is 366 g/mol. The van der Waals surface area contributed by atoms with Crippen molar-refractivity contribution in [2.45, 2.75) is 19.5 Å². The third kappa shape index (κ3) is 2.65. The Balaban J connectivity index is 2.40. The zero-order valence-electron chi connectivity index (χ0n) is 9.58. The summed E-state index contributed by atoms with van der Waals surface area (Å²) in [6, 6.07) is 4.39. The summed E-state index contributed by atoms with van der Waals surface area (Å²) < 4.78 is 4.23. The normalized spacial score (nSPS) is 12.9. The predicted octanol–water partition coefficient (Wildman–Crippen LogP) is 3.80. The molecule has 2 aromatic heterocycles. The summed E-state index contributed by atoms with van der Waals surface area (Å²) in [5.74, 6) is 0. The highest BCUT2D eigenvalue weighted by atomic mass is 79.9. The molecule has 0 radical (unpaired) electrons. The molecule has 92 valence electrons. The second-order valence-electron chi connectivity index (χ2n) is 3.56. The van der Waals surface area contributed by atoms with Crippen LogP contribution in [0.3, 0.4) is 0 Å². The van der Waals surface area contributed by atoms with Gasteiger partial charge in [-0.3, -0.25) is 4.68 Å². The highest BCUT2D eigenvalue weighted by Gasteiger charge is 2.19. The molecule has 0 saturated heterocycles. The molecule has 0 aromatic carbocycles. The van der Waals surface area contributed by atoms with Gasteiger partial charge >= 0.3 is 0 Å². The smallest absolute Gasteiger partial charge is 0.0843 e. The van der Waals surface area contributed by atoms with Crippen LogP contribution in [-0.2, 0) is 6.54 Å². The fourth-order valence-electron chi connectivity index (χ4n) is 1.79. The first-order valence-electron chi connectivity index (χ1n) is 5.31. The number of aryl methyl sites for hydroxylation is 1. The van der Waals surface area contributed by atoms with E-state index < -0.39 is 0 Å². The van der Waals surface area contributed by atoms with Crippen molar-refractivity contribution in [2.24, 2.45) is 0 Å². The number of nitrogens with one attached hydrogen (secondary N) is 1. The van der Waals surface area contributed by atoms with Gasteiger partial charge in [0.2, 0.25) is 0 Å². The minimum atomic E-state index is 0.185. The lowest BCUT2D eigenvalue weighted by atomic mass is 10.1. The van der Waals surface area contributed by atoms with E-state index in [2.05, 4.69) is 61.3 Å². The van der Waals surface area contributed by atoms with Crippen LogP contribution in [0, 0.1) is 0 Å². The van der Waals surface area contributed by atoms with Crippen LogP contribution >= 0.6 is 43.2 Å². The Labute approximate surface area is 121 Å². The Morgan fingerprint density at radius 1 is 1.53 bits per heavy atom. The third-order valence-corrected chi connectivity index (χ3v) is 5.90. The van der Waals surface area contributed by atoms with E-state index >= 15 is 0 Å². The highest BCUT2D eigenvalue weighted by molar-refractivity contribution is 9.13. The summed E-state index contributed by atoms with van der Waals surface area (Å²) in [7, 11) is 1.97. The van der Waals surface area contributed by atoms with Gasteiger partial charge in [0.15, 0.2) is 0 Å². The molecule has 0 amide bonds. The van der Waals surface area contributed by atoms with Crippen molar-refractivity contribution >= 4 is 43.2 Å². The lowest BCUT2D eigenvalue weighted by Crippen LogP contribution is -2.20. The minimum absolute atomic E-state index is 0.185. The molecule has 0 fully saturated rings. The first-order valence-corrected chi connectivity index (χ1v) is 7.71. The fraction of sp³-hybridized carbons (Fsp3) is 0.364. The van der Waals surface area contributed by atoms with E-state index in [0.29, 0.717) is 0 Å². The van der Waals surface area contributed by atoms with Crippen molar-refractivity contribution in [1.29, 1.82) is 0 Å². The SMILES string of the molecule is CCn1nccc1C(NC)c1cc(Br)c(Br)s1. The fourth-order valence-corrected chi connectivity index (χ4v) is 4.01. The van der Waals surface area contributed by atoms with Gasteiger partial charge in [-0.2, -0.15) is 5.10 Å². The number of nitrogens with zero attached hydrogens (tertiary/aromatic N) is 2. The molecule has 1 unspecified atom stereocenters. The van der Waals surface area contributed by atoms with Crippen LogP contribution < -0.4 is 5.32 Å². The van der Waals surface area contributed by atoms with E-state index in [1.165, 1.54) is 10.6 Å². The quantitative estimate of drug-likeness (QED) is 0.876. The molecule has 1 N–H and O–H groups in total. The van der Waals surface area contributed by atoms with Gasteiger partial charge in [-0.05, 0) is 58.0 Å². The summed E-state index contributed by atoms with van der Waals surface area (Å²) in [6.07, 6.45) is 1.85. The van der Waals surface area contributed by atoms with Crippen molar-refractivity contribution in [1.82, 2.24) is 15.1 Å². The topological polar surface area (TPSA) is 29.9 Å². The van der Waals surface area contributed by atoms with Crippen LogP contribution in [0.5, 0.6) is 0 Å². The van der Waals surface area contributed by atoms with Crippen LogP contribution in [0.25, 0.3) is 0 Å². The standard InChI is InChI=1S/C11H13Br2N3S/c1-3-16-8(4-5-15-16)10(14-2)9-6-7(12)11(13)17-9/h4-6,10,14H,3H2,1-2H3. The lowest BCUT2D eigenvalue weighted by Gasteiger charge is -2.15. The van der Waals surface area contributed by atoms with E-state index in [9.17, 15) is 0 Å². The minimum Gasteiger partial charge on any atom is -0.307 e. The Morgan fingerprint density at radius 2 is 2.29 bits per heavy atom. The highest BCUT2D eigenvalue weighted by Crippen LogP contribution is 2.37. The Bertz CT molecular complexity index is 487. The second-order valence-corrected chi connectivity index (χ2v) is 6.82. The molecule has 6 heteroatoms. The van der Waals surface area contributed by atoms with Gasteiger partial charge in [-0.15, -0.1) is 11.3 Å². The maximum atomic E-state index is 4.32. The zero-order chi connectivity index (χ0) is 12.4. The number of hydrogen-bond donors (Lipinski definition) is 1. The van der Waals surface area contributed by atoms with E-state index in [4.69, 9.17) is 0 Å². The summed E-state index contributed by atoms with van der Waals surface area (Å²) in [4.78, 5) is 1.27. The molecule has 0 saturated carbocycles. The van der Waals surface area contributed by atoms with Crippen LogP contribution in [0.4, 0.5) is 0 Å². The van der Waals surface area contributed by atoms with E-state index in [1.807, 2.05) is 17.9 Å². The van der Waals surface area contributed by atoms with E-state index in [0.717, 1.165) is 14.8 Å². The lowest BCUT2D eigenvalue weighted by molar-refractivity contribution is 0.567. The molecule has 17 heavy (non-hydrogen) atoms. The first kappa shape index (κ1) is 13.3. The average molecular weight is 379 g/mol. The number of halogens is 2. The molecule has 0 aliphatic rings. The van der Waals surface area contributed by atoms with Crippen LogP contribution in [0.15, 0.2) is 26.6 Å². The first-order chi connectivity index (χ1) is 8.17. The molecule has 0 aliphatic carbocycles.